The van der Waals surface area contributed by atoms with Crippen LogP contribution in [0, 0.1) is 5.92 Å². The first-order valence-corrected chi connectivity index (χ1v) is 9.56. The van der Waals surface area contributed by atoms with Crippen LogP contribution in [0.1, 0.15) is 46.6 Å². The Morgan fingerprint density at radius 2 is 1.89 bits per heavy atom. The Hall–Kier alpha value is -1.92. The van der Waals surface area contributed by atoms with E-state index < -0.39 is 23.8 Å². The van der Waals surface area contributed by atoms with Gasteiger partial charge in [-0.25, -0.2) is 9.69 Å². The predicted molar refractivity (Wildman–Crippen MR) is 104 cm³/mol. The van der Waals surface area contributed by atoms with E-state index in [0.717, 1.165) is 10.5 Å². The summed E-state index contributed by atoms with van der Waals surface area (Å²) in [5, 5.41) is 10.8. The van der Waals surface area contributed by atoms with Crippen molar-refractivity contribution < 1.29 is 19.4 Å². The van der Waals surface area contributed by atoms with E-state index in [4.69, 9.17) is 4.74 Å². The molecule has 150 valence electrons. The van der Waals surface area contributed by atoms with Crippen LogP contribution in [0.15, 0.2) is 30.3 Å². The van der Waals surface area contributed by atoms with Gasteiger partial charge in [-0.15, -0.1) is 0 Å². The highest BCUT2D eigenvalue weighted by atomic mass is 16.6. The van der Waals surface area contributed by atoms with Crippen molar-refractivity contribution >= 4 is 12.0 Å². The Labute approximate surface area is 162 Å². The summed E-state index contributed by atoms with van der Waals surface area (Å²) in [5.74, 6) is -0.106. The summed E-state index contributed by atoms with van der Waals surface area (Å²) in [4.78, 5) is 28.7. The fourth-order valence-electron chi connectivity index (χ4n) is 3.33. The highest BCUT2D eigenvalue weighted by Crippen LogP contribution is 2.23. The molecule has 0 bridgehead atoms. The minimum absolute atomic E-state index is 0.0692. The van der Waals surface area contributed by atoms with Crippen LogP contribution in [-0.2, 0) is 16.1 Å². The molecule has 2 rings (SSSR count). The lowest BCUT2D eigenvalue weighted by Gasteiger charge is -2.33. The molecule has 1 N–H and O–H groups in total. The molecule has 6 nitrogen and oxygen atoms in total. The molecular formula is C21H32N2O4. The monoisotopic (exact) mass is 376 g/mol. The van der Waals surface area contributed by atoms with Crippen molar-refractivity contribution in [2.24, 2.45) is 5.92 Å². The number of carbonyl (C=O) groups is 2. The largest absolute Gasteiger partial charge is 0.443 e. The molecule has 0 radical (unpaired) electrons. The lowest BCUT2D eigenvalue weighted by Crippen LogP contribution is -2.52. The quantitative estimate of drug-likeness (QED) is 0.875. The lowest BCUT2D eigenvalue weighted by molar-refractivity contribution is -0.133. The average molecular weight is 376 g/mol. The maximum atomic E-state index is 13.0. The molecule has 0 unspecified atom stereocenters. The molecule has 1 aromatic carbocycles. The highest BCUT2D eigenvalue weighted by Gasteiger charge is 2.41. The van der Waals surface area contributed by atoms with E-state index in [1.54, 1.807) is 20.8 Å². The van der Waals surface area contributed by atoms with Gasteiger partial charge in [-0.3, -0.25) is 9.69 Å². The standard InChI is InChI=1S/C21H32N2O4/c1-15(2)11-17-18(24)13-22(12-16-9-7-6-8-10-16)14-19(25)23(17)20(26)27-21(3,4)5/h6-10,15,17-18,24H,11-14H2,1-5H3/t17-,18-/m1/s1. The minimum atomic E-state index is -0.824. The number of benzene rings is 1. The Balaban J connectivity index is 2.25. The Morgan fingerprint density at radius 3 is 2.44 bits per heavy atom. The van der Waals surface area contributed by atoms with Crippen LogP contribution in [0.25, 0.3) is 0 Å². The molecule has 0 aromatic heterocycles. The van der Waals surface area contributed by atoms with Crippen molar-refractivity contribution in [2.75, 3.05) is 13.1 Å². The van der Waals surface area contributed by atoms with E-state index in [1.165, 1.54) is 0 Å². The van der Waals surface area contributed by atoms with Gasteiger partial charge in [-0.1, -0.05) is 44.2 Å². The summed E-state index contributed by atoms with van der Waals surface area (Å²) in [7, 11) is 0. The zero-order valence-corrected chi connectivity index (χ0v) is 17.0. The van der Waals surface area contributed by atoms with Gasteiger partial charge in [-0.05, 0) is 38.7 Å². The van der Waals surface area contributed by atoms with Crippen molar-refractivity contribution in [1.82, 2.24) is 9.80 Å². The number of β-amino-alcohol motifs (C(OH)–C–C–N with tert-alkyl or cyclic N) is 1. The highest BCUT2D eigenvalue weighted by molar-refractivity contribution is 5.94. The summed E-state index contributed by atoms with van der Waals surface area (Å²) in [6.45, 7) is 10.3. The molecule has 1 saturated heterocycles. The molecule has 2 amide bonds. The van der Waals surface area contributed by atoms with Gasteiger partial charge >= 0.3 is 6.09 Å². The van der Waals surface area contributed by atoms with Crippen LogP contribution in [0.4, 0.5) is 4.79 Å². The summed E-state index contributed by atoms with van der Waals surface area (Å²) in [6, 6.07) is 9.21. The third-order valence-corrected chi connectivity index (χ3v) is 4.40. The number of aliphatic hydroxyl groups is 1. The number of nitrogens with zero attached hydrogens (tertiary/aromatic N) is 2. The number of rotatable bonds is 4. The number of amides is 2. The van der Waals surface area contributed by atoms with Crippen molar-refractivity contribution in [3.8, 4) is 0 Å². The van der Waals surface area contributed by atoms with E-state index >= 15 is 0 Å². The van der Waals surface area contributed by atoms with Gasteiger partial charge in [-0.2, -0.15) is 0 Å². The number of imide groups is 1. The Bertz CT molecular complexity index is 639. The molecule has 1 aliphatic rings. The Morgan fingerprint density at radius 1 is 1.26 bits per heavy atom. The van der Waals surface area contributed by atoms with Gasteiger partial charge in [0.05, 0.1) is 18.7 Å². The van der Waals surface area contributed by atoms with Gasteiger partial charge in [0.2, 0.25) is 5.91 Å². The number of aliphatic hydroxyl groups excluding tert-OH is 1. The van der Waals surface area contributed by atoms with Gasteiger partial charge in [0.15, 0.2) is 0 Å². The van der Waals surface area contributed by atoms with E-state index in [2.05, 4.69) is 0 Å². The maximum Gasteiger partial charge on any atom is 0.417 e. The zero-order chi connectivity index (χ0) is 20.2. The smallest absolute Gasteiger partial charge is 0.417 e. The van der Waals surface area contributed by atoms with Gasteiger partial charge in [0.1, 0.15) is 5.60 Å². The zero-order valence-electron chi connectivity index (χ0n) is 17.0. The SMILES string of the molecule is CC(C)C[C@@H]1[C@H](O)CN(Cc2ccccc2)CC(=O)N1C(=O)OC(C)(C)C. The first-order chi connectivity index (χ1) is 12.6. The van der Waals surface area contributed by atoms with Crippen molar-refractivity contribution in [3.63, 3.8) is 0 Å². The van der Waals surface area contributed by atoms with Gasteiger partial charge in [0, 0.05) is 13.1 Å². The van der Waals surface area contributed by atoms with E-state index in [1.807, 2.05) is 49.1 Å². The molecule has 0 saturated carbocycles. The first kappa shape index (κ1) is 21.4. The molecule has 1 heterocycles. The average Bonchev–Trinajstić information content (AvgIpc) is 2.63. The number of ether oxygens (including phenoxy) is 1. The van der Waals surface area contributed by atoms with Crippen LogP contribution >= 0.6 is 0 Å². The normalized spacial score (nSPS) is 22.0. The lowest BCUT2D eigenvalue weighted by atomic mass is 9.98. The molecule has 6 heteroatoms. The van der Waals surface area contributed by atoms with Crippen LogP contribution in [0.3, 0.4) is 0 Å². The van der Waals surface area contributed by atoms with E-state index in [-0.39, 0.29) is 18.4 Å². The van der Waals surface area contributed by atoms with Crippen molar-refractivity contribution in [1.29, 1.82) is 0 Å². The van der Waals surface area contributed by atoms with Gasteiger partial charge < -0.3 is 9.84 Å². The third-order valence-electron chi connectivity index (χ3n) is 4.40. The topological polar surface area (TPSA) is 70.1 Å². The minimum Gasteiger partial charge on any atom is -0.443 e. The second-order valence-corrected chi connectivity index (χ2v) is 8.66. The van der Waals surface area contributed by atoms with Crippen molar-refractivity contribution in [3.05, 3.63) is 35.9 Å². The summed E-state index contributed by atoms with van der Waals surface area (Å²) < 4.78 is 5.45. The second kappa shape index (κ2) is 8.85. The van der Waals surface area contributed by atoms with Crippen LogP contribution in [0.2, 0.25) is 0 Å². The van der Waals surface area contributed by atoms with Crippen LogP contribution in [0.5, 0.6) is 0 Å². The van der Waals surface area contributed by atoms with Gasteiger partial charge in [0.25, 0.3) is 0 Å². The van der Waals surface area contributed by atoms with E-state index in [0.29, 0.717) is 19.5 Å². The van der Waals surface area contributed by atoms with E-state index in [9.17, 15) is 14.7 Å². The fraction of sp³-hybridized carbons (Fsp3) is 0.619. The summed E-state index contributed by atoms with van der Waals surface area (Å²) >= 11 is 0. The second-order valence-electron chi connectivity index (χ2n) is 8.66. The fourth-order valence-corrected chi connectivity index (χ4v) is 3.33. The molecule has 1 aliphatic heterocycles. The molecule has 0 aliphatic carbocycles. The summed E-state index contributed by atoms with van der Waals surface area (Å²) in [5.41, 5.74) is 0.351. The predicted octanol–water partition coefficient (Wildman–Crippen LogP) is 3.04. The molecule has 2 atom stereocenters. The number of hydrogen-bond acceptors (Lipinski definition) is 5. The maximum absolute atomic E-state index is 13.0. The molecule has 1 fully saturated rings. The molecular weight excluding hydrogens is 344 g/mol. The van der Waals surface area contributed by atoms with Crippen LogP contribution < -0.4 is 0 Å². The van der Waals surface area contributed by atoms with Crippen molar-refractivity contribution in [2.45, 2.75) is 65.3 Å². The Kier molecular flexibility index (Phi) is 7.00. The molecule has 0 spiro atoms. The van der Waals surface area contributed by atoms with Crippen LogP contribution in [-0.4, -0.2) is 57.7 Å². The number of hydrogen-bond donors (Lipinski definition) is 1. The molecule has 1 aromatic rings. The number of carbonyl (C=O) groups excluding carboxylic acids is 2. The first-order valence-electron chi connectivity index (χ1n) is 9.56. The summed E-state index contributed by atoms with van der Waals surface area (Å²) in [6.07, 6.45) is -0.973. The third kappa shape index (κ3) is 6.33. The molecule has 27 heavy (non-hydrogen) atoms.